The molecule has 1 aromatic carbocycles. The molecule has 0 atom stereocenters. The molecule has 0 aliphatic rings. The summed E-state index contributed by atoms with van der Waals surface area (Å²) in [6.07, 6.45) is 21.3. The van der Waals surface area contributed by atoms with Crippen LogP contribution in [-0.4, -0.2) is 9.47 Å². The number of hydrogen-bond acceptors (Lipinski definition) is 1. The lowest BCUT2D eigenvalue weighted by molar-refractivity contribution is 0.645. The second-order valence-corrected chi connectivity index (χ2v) is 8.98. The van der Waals surface area contributed by atoms with Crippen molar-refractivity contribution in [1.29, 1.82) is 0 Å². The van der Waals surface area contributed by atoms with Gasteiger partial charge in [-0.3, -0.25) is 0 Å². The molecular weight excluding hydrogens is 448 g/mol. The van der Waals surface area contributed by atoms with Gasteiger partial charge in [-0.15, -0.1) is 0 Å². The molecule has 0 radical (unpaired) electrons. The van der Waals surface area contributed by atoms with E-state index in [4.69, 9.17) is 0 Å². The lowest BCUT2D eigenvalue weighted by Crippen LogP contribution is -2.09. The average Bonchev–Trinajstić information content (AvgIpc) is 3.28. The number of aromatic nitrogens is 1. The van der Waals surface area contributed by atoms with E-state index in [1.165, 1.54) is 34.1 Å². The minimum Gasteiger partial charge on any atom is -0.323 e. The molecule has 0 saturated carbocycles. The summed E-state index contributed by atoms with van der Waals surface area (Å²) in [6.45, 7) is 29.7. The third kappa shape index (κ3) is 13.4. The molecule has 2 rings (SSSR count). The molecule has 0 aliphatic carbocycles. The quantitative estimate of drug-likeness (QED) is 0.242. The van der Waals surface area contributed by atoms with Crippen LogP contribution in [-0.2, 0) is 0 Å². The van der Waals surface area contributed by atoms with Gasteiger partial charge in [-0.2, -0.15) is 0 Å². The standard InChI is InChI=1S/C26H36N2.C4H8.C3H8.C2H6/c1-8-11-13-22(7)27(16-12-9-2)18-23(10-3)28-19-25(20(4)5)24-17-21(6)14-15-26(24)28;1-3-4-2;1-3-2;1-2/h11-20H,7-10H2,1-6H3;3-4H,1-2H3;3H2,1-2H3;1-2H3/b13-11-,16-12+,23-18-;4-3-;;. The van der Waals surface area contributed by atoms with Crippen molar-refractivity contribution >= 4 is 16.6 Å². The first-order valence-corrected chi connectivity index (χ1v) is 14.5. The second-order valence-electron chi connectivity index (χ2n) is 8.98. The average molecular weight is 507 g/mol. The van der Waals surface area contributed by atoms with Gasteiger partial charge in [0.05, 0.1) is 5.52 Å². The molecule has 0 amide bonds. The molecule has 0 spiro atoms. The Labute approximate surface area is 231 Å². The topological polar surface area (TPSA) is 8.17 Å². The minimum absolute atomic E-state index is 0.488. The third-order valence-electron chi connectivity index (χ3n) is 5.29. The summed E-state index contributed by atoms with van der Waals surface area (Å²) in [5, 5.41) is 1.36. The zero-order valence-electron chi connectivity index (χ0n) is 26.4. The van der Waals surface area contributed by atoms with Crippen LogP contribution in [0.5, 0.6) is 0 Å². The first kappa shape index (κ1) is 36.4. The van der Waals surface area contributed by atoms with E-state index in [9.17, 15) is 0 Å². The number of nitrogens with zero attached hydrogens (tertiary/aromatic N) is 2. The summed E-state index contributed by atoms with van der Waals surface area (Å²) in [4.78, 5) is 2.14. The van der Waals surface area contributed by atoms with Crippen molar-refractivity contribution in [3.05, 3.63) is 90.6 Å². The maximum absolute atomic E-state index is 4.27. The van der Waals surface area contributed by atoms with E-state index in [-0.39, 0.29) is 0 Å². The molecule has 0 unspecified atom stereocenters. The maximum Gasteiger partial charge on any atom is 0.0529 e. The van der Waals surface area contributed by atoms with Crippen LogP contribution in [0, 0.1) is 6.92 Å². The van der Waals surface area contributed by atoms with Gasteiger partial charge in [0.1, 0.15) is 0 Å². The summed E-state index contributed by atoms with van der Waals surface area (Å²) in [5.41, 5.74) is 6.22. The van der Waals surface area contributed by atoms with Gasteiger partial charge in [0.2, 0.25) is 0 Å². The van der Waals surface area contributed by atoms with Gasteiger partial charge in [0.25, 0.3) is 0 Å². The molecule has 0 saturated heterocycles. The third-order valence-corrected chi connectivity index (χ3v) is 5.29. The number of hydrogen-bond donors (Lipinski definition) is 0. The zero-order valence-corrected chi connectivity index (χ0v) is 26.4. The highest BCUT2D eigenvalue weighted by atomic mass is 15.1. The Bertz CT molecular complexity index is 976. The summed E-state index contributed by atoms with van der Waals surface area (Å²) < 4.78 is 2.35. The number of allylic oxidation sites excluding steroid dienone is 6. The molecule has 2 aromatic rings. The summed E-state index contributed by atoms with van der Waals surface area (Å²) in [5.74, 6) is 0.488. The Kier molecular flexibility index (Phi) is 22.1. The second kappa shape index (κ2) is 22.5. The van der Waals surface area contributed by atoms with Crippen molar-refractivity contribution in [1.82, 2.24) is 9.47 Å². The van der Waals surface area contributed by atoms with Crippen molar-refractivity contribution in [2.75, 3.05) is 0 Å². The van der Waals surface area contributed by atoms with E-state index in [0.717, 1.165) is 25.0 Å². The van der Waals surface area contributed by atoms with E-state index in [1.807, 2.05) is 39.8 Å². The predicted octanol–water partition coefficient (Wildman–Crippen LogP) is 12.0. The summed E-state index contributed by atoms with van der Waals surface area (Å²) >= 11 is 0. The SMILES string of the molecule is C/C=C\C.C=C(/C=C\CC)N(/C=C(/CC)n1cc(C(C)C)c2cc(C)ccc21)/C=C/CC.CC.CCC. The fourth-order valence-electron chi connectivity index (χ4n) is 3.33. The molecule has 0 fully saturated rings. The molecule has 0 bridgehead atoms. The number of rotatable bonds is 9. The fourth-order valence-corrected chi connectivity index (χ4v) is 3.33. The highest BCUT2D eigenvalue weighted by molar-refractivity contribution is 5.88. The molecule has 2 nitrogen and oxygen atoms in total. The number of aryl methyl sites for hydroxylation is 1. The molecule has 1 aromatic heterocycles. The van der Waals surface area contributed by atoms with Crippen molar-refractivity contribution in [3.63, 3.8) is 0 Å². The lowest BCUT2D eigenvalue weighted by atomic mass is 10.0. The Hall–Kier alpha value is -2.74. The zero-order chi connectivity index (χ0) is 28.8. The Morgan fingerprint density at radius 3 is 2.00 bits per heavy atom. The molecule has 0 aliphatic heterocycles. The van der Waals surface area contributed by atoms with Crippen LogP contribution >= 0.6 is 0 Å². The van der Waals surface area contributed by atoms with Gasteiger partial charge >= 0.3 is 0 Å². The normalized spacial score (nSPS) is 11.3. The van der Waals surface area contributed by atoms with Gasteiger partial charge in [0.15, 0.2) is 0 Å². The van der Waals surface area contributed by atoms with Crippen LogP contribution in [0.1, 0.15) is 119 Å². The molecule has 37 heavy (non-hydrogen) atoms. The van der Waals surface area contributed by atoms with Gasteiger partial charge in [-0.25, -0.2) is 0 Å². The van der Waals surface area contributed by atoms with Gasteiger partial charge in [0, 0.05) is 35.4 Å². The van der Waals surface area contributed by atoms with Crippen molar-refractivity contribution in [3.8, 4) is 0 Å². The van der Waals surface area contributed by atoms with Gasteiger partial charge in [-0.05, 0) is 69.7 Å². The van der Waals surface area contributed by atoms with Crippen molar-refractivity contribution in [2.24, 2.45) is 0 Å². The predicted molar refractivity (Wildman–Crippen MR) is 173 cm³/mol. The van der Waals surface area contributed by atoms with E-state index < -0.39 is 0 Å². The van der Waals surface area contributed by atoms with Gasteiger partial charge in [-0.1, -0.05) is 111 Å². The van der Waals surface area contributed by atoms with Gasteiger partial charge < -0.3 is 9.47 Å². The smallest absolute Gasteiger partial charge is 0.0529 e. The van der Waals surface area contributed by atoms with E-state index in [1.54, 1.807) is 0 Å². The van der Waals surface area contributed by atoms with E-state index in [0.29, 0.717) is 5.92 Å². The van der Waals surface area contributed by atoms with Crippen LogP contribution in [0.4, 0.5) is 0 Å². The van der Waals surface area contributed by atoms with Crippen LogP contribution in [0.15, 0.2) is 79.5 Å². The Morgan fingerprint density at radius 1 is 0.973 bits per heavy atom. The first-order chi connectivity index (χ1) is 17.7. The van der Waals surface area contributed by atoms with Crippen LogP contribution in [0.2, 0.25) is 0 Å². The number of benzene rings is 1. The van der Waals surface area contributed by atoms with Crippen LogP contribution < -0.4 is 0 Å². The Morgan fingerprint density at radius 2 is 1.54 bits per heavy atom. The lowest BCUT2D eigenvalue weighted by Gasteiger charge is -2.19. The van der Waals surface area contributed by atoms with Crippen molar-refractivity contribution in [2.45, 2.75) is 115 Å². The van der Waals surface area contributed by atoms with Crippen molar-refractivity contribution < 1.29 is 0 Å². The highest BCUT2D eigenvalue weighted by Gasteiger charge is 2.14. The van der Waals surface area contributed by atoms with Crippen LogP contribution in [0.3, 0.4) is 0 Å². The largest absolute Gasteiger partial charge is 0.323 e. The fraction of sp³-hybridized carbons (Fsp3) is 0.486. The maximum atomic E-state index is 4.27. The highest BCUT2D eigenvalue weighted by Crippen LogP contribution is 2.31. The van der Waals surface area contributed by atoms with E-state index in [2.05, 4.69) is 126 Å². The monoisotopic (exact) mass is 506 g/mol. The number of fused-ring (bicyclic) bond motifs is 1. The molecule has 0 N–H and O–H groups in total. The first-order valence-electron chi connectivity index (χ1n) is 14.5. The summed E-state index contributed by atoms with van der Waals surface area (Å²) in [6, 6.07) is 6.76. The van der Waals surface area contributed by atoms with Crippen LogP contribution in [0.25, 0.3) is 16.6 Å². The molecular formula is C35H58N2. The van der Waals surface area contributed by atoms with E-state index >= 15 is 0 Å². The molecule has 1 heterocycles. The molecule has 2 heteroatoms. The Balaban J connectivity index is 0. The molecule has 208 valence electrons. The minimum atomic E-state index is 0.488. The summed E-state index contributed by atoms with van der Waals surface area (Å²) in [7, 11) is 0.